The SMILES string of the molecule is Cc1ccc(C)c(NC(=O)CN(C)C(=O)CNC(=O)c2ccc(F)cc2)c1. The van der Waals surface area contributed by atoms with Crippen molar-refractivity contribution in [3.8, 4) is 0 Å². The highest BCUT2D eigenvalue weighted by atomic mass is 19.1. The van der Waals surface area contributed by atoms with Crippen molar-refractivity contribution in [2.75, 3.05) is 25.5 Å². The predicted octanol–water partition coefficient (Wildman–Crippen LogP) is 2.27. The second kappa shape index (κ2) is 8.93. The number of hydrogen-bond donors (Lipinski definition) is 2. The molecule has 7 heteroatoms. The first kappa shape index (κ1) is 20.1. The van der Waals surface area contributed by atoms with E-state index in [1.54, 1.807) is 0 Å². The van der Waals surface area contributed by atoms with Crippen molar-refractivity contribution < 1.29 is 18.8 Å². The Labute approximate surface area is 157 Å². The van der Waals surface area contributed by atoms with Crippen molar-refractivity contribution in [3.63, 3.8) is 0 Å². The molecule has 3 amide bonds. The zero-order valence-corrected chi connectivity index (χ0v) is 15.5. The van der Waals surface area contributed by atoms with Crippen LogP contribution >= 0.6 is 0 Å². The van der Waals surface area contributed by atoms with Crippen LogP contribution in [0.2, 0.25) is 0 Å². The maximum Gasteiger partial charge on any atom is 0.251 e. The van der Waals surface area contributed by atoms with Gasteiger partial charge in [0.2, 0.25) is 11.8 Å². The number of nitrogens with zero attached hydrogens (tertiary/aromatic N) is 1. The number of carbonyl (C=O) groups excluding carboxylic acids is 3. The van der Waals surface area contributed by atoms with Gasteiger partial charge in [-0.25, -0.2) is 4.39 Å². The lowest BCUT2D eigenvalue weighted by atomic mass is 10.1. The van der Waals surface area contributed by atoms with Crippen LogP contribution in [0, 0.1) is 19.7 Å². The molecule has 0 aliphatic heterocycles. The summed E-state index contributed by atoms with van der Waals surface area (Å²) in [6.45, 7) is 3.41. The number of nitrogens with one attached hydrogen (secondary N) is 2. The smallest absolute Gasteiger partial charge is 0.251 e. The number of rotatable bonds is 6. The molecule has 0 aliphatic carbocycles. The highest BCUT2D eigenvalue weighted by Gasteiger charge is 2.15. The normalized spacial score (nSPS) is 10.2. The maximum absolute atomic E-state index is 12.9. The van der Waals surface area contributed by atoms with Crippen molar-refractivity contribution in [3.05, 3.63) is 65.0 Å². The Kier molecular flexibility index (Phi) is 6.65. The quantitative estimate of drug-likeness (QED) is 0.818. The summed E-state index contributed by atoms with van der Waals surface area (Å²) >= 11 is 0. The average Bonchev–Trinajstić information content (AvgIpc) is 2.62. The minimum Gasteiger partial charge on any atom is -0.343 e. The van der Waals surface area contributed by atoms with E-state index >= 15 is 0 Å². The number of carbonyl (C=O) groups is 3. The van der Waals surface area contributed by atoms with Crippen molar-refractivity contribution >= 4 is 23.4 Å². The first-order valence-electron chi connectivity index (χ1n) is 8.41. The monoisotopic (exact) mass is 371 g/mol. The van der Waals surface area contributed by atoms with E-state index < -0.39 is 17.6 Å². The summed E-state index contributed by atoms with van der Waals surface area (Å²) < 4.78 is 12.9. The second-order valence-corrected chi connectivity index (χ2v) is 6.31. The van der Waals surface area contributed by atoms with E-state index in [1.165, 1.54) is 36.2 Å². The molecule has 0 aliphatic rings. The van der Waals surface area contributed by atoms with Gasteiger partial charge in [0.25, 0.3) is 5.91 Å². The van der Waals surface area contributed by atoms with Gasteiger partial charge in [-0.3, -0.25) is 14.4 Å². The van der Waals surface area contributed by atoms with E-state index in [0.717, 1.165) is 11.1 Å². The summed E-state index contributed by atoms with van der Waals surface area (Å²) in [5, 5.41) is 5.23. The molecule has 0 atom stereocenters. The van der Waals surface area contributed by atoms with Gasteiger partial charge in [0, 0.05) is 18.3 Å². The molecule has 0 saturated heterocycles. The number of halogens is 1. The number of likely N-dealkylation sites (N-methyl/N-ethyl adjacent to an activating group) is 1. The maximum atomic E-state index is 12.9. The summed E-state index contributed by atoms with van der Waals surface area (Å²) in [4.78, 5) is 37.4. The molecule has 0 unspecified atom stereocenters. The highest BCUT2D eigenvalue weighted by Crippen LogP contribution is 2.16. The number of amides is 3. The Bertz CT molecular complexity index is 850. The molecule has 142 valence electrons. The lowest BCUT2D eigenvalue weighted by Crippen LogP contribution is -2.41. The van der Waals surface area contributed by atoms with Gasteiger partial charge in [-0.2, -0.15) is 0 Å². The highest BCUT2D eigenvalue weighted by molar-refractivity contribution is 5.98. The third kappa shape index (κ3) is 5.91. The van der Waals surface area contributed by atoms with Gasteiger partial charge in [-0.15, -0.1) is 0 Å². The molecule has 27 heavy (non-hydrogen) atoms. The molecule has 0 aromatic heterocycles. The van der Waals surface area contributed by atoms with Crippen LogP contribution in [0.3, 0.4) is 0 Å². The Morgan fingerprint density at radius 2 is 1.70 bits per heavy atom. The lowest BCUT2D eigenvalue weighted by Gasteiger charge is -2.18. The largest absolute Gasteiger partial charge is 0.343 e. The Hall–Kier alpha value is -3.22. The van der Waals surface area contributed by atoms with E-state index in [9.17, 15) is 18.8 Å². The molecule has 2 aromatic carbocycles. The second-order valence-electron chi connectivity index (χ2n) is 6.31. The molecule has 2 aromatic rings. The van der Waals surface area contributed by atoms with Crippen LogP contribution in [-0.4, -0.2) is 42.8 Å². The van der Waals surface area contributed by atoms with E-state index in [4.69, 9.17) is 0 Å². The standard InChI is InChI=1S/C20H22FN3O3/c1-13-4-5-14(2)17(10-13)23-18(25)12-24(3)19(26)11-22-20(27)15-6-8-16(21)9-7-15/h4-10H,11-12H2,1-3H3,(H,22,27)(H,23,25). The van der Waals surface area contributed by atoms with Crippen LogP contribution in [0.1, 0.15) is 21.5 Å². The minimum atomic E-state index is -0.489. The number of aryl methyl sites for hydroxylation is 2. The first-order valence-corrected chi connectivity index (χ1v) is 8.41. The van der Waals surface area contributed by atoms with Crippen LogP contribution in [0.25, 0.3) is 0 Å². The third-order valence-corrected chi connectivity index (χ3v) is 3.98. The molecule has 0 bridgehead atoms. The van der Waals surface area contributed by atoms with Gasteiger partial charge < -0.3 is 15.5 Å². The average molecular weight is 371 g/mol. The summed E-state index contributed by atoms with van der Waals surface area (Å²) in [7, 11) is 1.48. The van der Waals surface area contributed by atoms with Crippen LogP contribution in [0.15, 0.2) is 42.5 Å². The van der Waals surface area contributed by atoms with Gasteiger partial charge in [-0.05, 0) is 55.3 Å². The fourth-order valence-corrected chi connectivity index (χ4v) is 2.36. The summed E-state index contributed by atoms with van der Waals surface area (Å²) in [5.41, 5.74) is 2.89. The van der Waals surface area contributed by atoms with Crippen LogP contribution in [-0.2, 0) is 9.59 Å². The van der Waals surface area contributed by atoms with Crippen molar-refractivity contribution in [2.24, 2.45) is 0 Å². The summed E-state index contributed by atoms with van der Waals surface area (Å²) in [5.74, 6) is -1.68. The zero-order valence-electron chi connectivity index (χ0n) is 15.5. The molecule has 2 rings (SSSR count). The third-order valence-electron chi connectivity index (χ3n) is 3.98. The fourth-order valence-electron chi connectivity index (χ4n) is 2.36. The minimum absolute atomic E-state index is 0.140. The first-order chi connectivity index (χ1) is 12.8. The Balaban J connectivity index is 1.84. The van der Waals surface area contributed by atoms with Gasteiger partial charge in [-0.1, -0.05) is 12.1 Å². The molecule has 0 spiro atoms. The molecule has 0 radical (unpaired) electrons. The number of benzene rings is 2. The molecule has 0 fully saturated rings. The van der Waals surface area contributed by atoms with Crippen LogP contribution in [0.4, 0.5) is 10.1 Å². The Morgan fingerprint density at radius 3 is 2.37 bits per heavy atom. The summed E-state index contributed by atoms with van der Waals surface area (Å²) in [6, 6.07) is 10.7. The molecular formula is C20H22FN3O3. The van der Waals surface area contributed by atoms with Crippen molar-refractivity contribution in [1.29, 1.82) is 0 Å². The van der Waals surface area contributed by atoms with Gasteiger partial charge in [0.1, 0.15) is 5.82 Å². The van der Waals surface area contributed by atoms with Crippen LogP contribution < -0.4 is 10.6 Å². The van der Waals surface area contributed by atoms with Crippen molar-refractivity contribution in [1.82, 2.24) is 10.2 Å². The van der Waals surface area contributed by atoms with Gasteiger partial charge >= 0.3 is 0 Å². The van der Waals surface area contributed by atoms with E-state index in [0.29, 0.717) is 5.69 Å². The fraction of sp³-hybridized carbons (Fsp3) is 0.250. The topological polar surface area (TPSA) is 78.5 Å². The van der Waals surface area contributed by atoms with Gasteiger partial charge in [0.05, 0.1) is 13.1 Å². The van der Waals surface area contributed by atoms with Gasteiger partial charge in [0.15, 0.2) is 0 Å². The zero-order chi connectivity index (χ0) is 20.0. The molecule has 0 heterocycles. The van der Waals surface area contributed by atoms with Crippen molar-refractivity contribution in [2.45, 2.75) is 13.8 Å². The molecule has 2 N–H and O–H groups in total. The Morgan fingerprint density at radius 1 is 1.04 bits per heavy atom. The molecule has 6 nitrogen and oxygen atoms in total. The molecular weight excluding hydrogens is 349 g/mol. The van der Waals surface area contributed by atoms with E-state index in [-0.39, 0.29) is 24.6 Å². The van der Waals surface area contributed by atoms with E-state index in [2.05, 4.69) is 10.6 Å². The van der Waals surface area contributed by atoms with Crippen LogP contribution in [0.5, 0.6) is 0 Å². The predicted molar refractivity (Wildman–Crippen MR) is 101 cm³/mol. The number of hydrogen-bond acceptors (Lipinski definition) is 3. The van der Waals surface area contributed by atoms with E-state index in [1.807, 2.05) is 32.0 Å². The lowest BCUT2D eigenvalue weighted by molar-refractivity contribution is -0.132. The summed E-state index contributed by atoms with van der Waals surface area (Å²) in [6.07, 6.45) is 0. The molecule has 0 saturated carbocycles. The number of anilines is 1.